The number of amides is 2. The summed E-state index contributed by atoms with van der Waals surface area (Å²) in [6.07, 6.45) is 0.215. The van der Waals surface area contributed by atoms with Gasteiger partial charge in [-0.15, -0.1) is 0 Å². The first-order chi connectivity index (χ1) is 15.0. The molecule has 1 aliphatic rings. The maximum atomic E-state index is 12.4. The first-order valence-electron chi connectivity index (χ1n) is 9.76. The molecule has 0 unspecified atom stereocenters. The van der Waals surface area contributed by atoms with E-state index in [1.165, 1.54) is 7.11 Å². The molecule has 1 aliphatic heterocycles. The predicted octanol–water partition coefficient (Wildman–Crippen LogP) is 3.61. The number of imide groups is 1. The molecule has 0 N–H and O–H groups in total. The van der Waals surface area contributed by atoms with Crippen molar-refractivity contribution in [1.29, 1.82) is 0 Å². The highest BCUT2D eigenvalue weighted by Crippen LogP contribution is 2.28. The van der Waals surface area contributed by atoms with Gasteiger partial charge >= 0.3 is 11.9 Å². The summed E-state index contributed by atoms with van der Waals surface area (Å²) in [4.78, 5) is 50.4. The van der Waals surface area contributed by atoms with Crippen molar-refractivity contribution in [3.63, 3.8) is 0 Å². The largest absolute Gasteiger partial charge is 0.465 e. The number of esters is 2. The van der Waals surface area contributed by atoms with E-state index in [0.717, 1.165) is 15.7 Å². The highest BCUT2D eigenvalue weighted by molar-refractivity contribution is 6.21. The predicted molar refractivity (Wildman–Crippen MR) is 112 cm³/mol. The Morgan fingerprint density at radius 3 is 2.06 bits per heavy atom. The molecule has 2 amide bonds. The monoisotopic (exact) mass is 417 g/mol. The first-order valence-corrected chi connectivity index (χ1v) is 9.76. The lowest BCUT2D eigenvalue weighted by atomic mass is 10.1. The van der Waals surface area contributed by atoms with Gasteiger partial charge in [-0.3, -0.25) is 19.3 Å². The molecule has 0 saturated heterocycles. The van der Waals surface area contributed by atoms with Crippen LogP contribution in [0, 0.1) is 0 Å². The van der Waals surface area contributed by atoms with Crippen LogP contribution in [0.5, 0.6) is 5.75 Å². The minimum Gasteiger partial charge on any atom is -0.465 e. The molecular weight excluding hydrogens is 398 g/mol. The second-order valence-corrected chi connectivity index (χ2v) is 7.07. The third-order valence-corrected chi connectivity index (χ3v) is 5.12. The molecule has 7 heteroatoms. The van der Waals surface area contributed by atoms with Crippen LogP contribution < -0.4 is 4.74 Å². The van der Waals surface area contributed by atoms with Crippen molar-refractivity contribution in [2.75, 3.05) is 13.7 Å². The molecule has 0 spiro atoms. The van der Waals surface area contributed by atoms with Crippen molar-refractivity contribution in [2.24, 2.45) is 0 Å². The molecule has 1 heterocycles. The van der Waals surface area contributed by atoms with E-state index in [0.29, 0.717) is 11.1 Å². The molecule has 0 aliphatic carbocycles. The van der Waals surface area contributed by atoms with Crippen molar-refractivity contribution in [3.05, 3.63) is 77.4 Å². The third kappa shape index (κ3) is 3.90. The lowest BCUT2D eigenvalue weighted by Crippen LogP contribution is -2.31. The average molecular weight is 417 g/mol. The molecule has 3 aromatic rings. The minimum absolute atomic E-state index is 0.0269. The second kappa shape index (κ2) is 8.39. The highest BCUT2D eigenvalue weighted by atomic mass is 16.5. The lowest BCUT2D eigenvalue weighted by Gasteiger charge is -2.14. The minimum atomic E-state index is -0.612. The Morgan fingerprint density at radius 1 is 0.871 bits per heavy atom. The topological polar surface area (TPSA) is 90.0 Å². The van der Waals surface area contributed by atoms with Crippen LogP contribution >= 0.6 is 0 Å². The smallest absolute Gasteiger partial charge is 0.341 e. The molecule has 7 nitrogen and oxygen atoms in total. The lowest BCUT2D eigenvalue weighted by molar-refractivity contribution is -0.134. The molecule has 0 radical (unpaired) electrons. The summed E-state index contributed by atoms with van der Waals surface area (Å²) in [5.41, 5.74) is 0.887. The molecule has 0 bridgehead atoms. The van der Waals surface area contributed by atoms with Crippen LogP contribution in [-0.2, 0) is 9.53 Å². The molecule has 0 atom stereocenters. The van der Waals surface area contributed by atoms with Gasteiger partial charge in [-0.2, -0.15) is 0 Å². The Kier molecular flexibility index (Phi) is 5.49. The molecule has 4 rings (SSSR count). The van der Waals surface area contributed by atoms with Crippen molar-refractivity contribution >= 4 is 34.5 Å². The maximum Gasteiger partial charge on any atom is 0.341 e. The van der Waals surface area contributed by atoms with Crippen molar-refractivity contribution in [3.8, 4) is 5.75 Å². The summed E-state index contributed by atoms with van der Waals surface area (Å²) in [7, 11) is 1.26. The van der Waals surface area contributed by atoms with Gasteiger partial charge in [0.25, 0.3) is 11.8 Å². The van der Waals surface area contributed by atoms with Gasteiger partial charge in [-0.25, -0.2) is 4.79 Å². The standard InChI is InChI=1S/C24H19NO6/c1-30-24(29)19-13-15-7-2-3-8-16(15)14-20(19)31-21(26)11-6-12-25-22(27)17-9-4-5-10-18(17)23(25)28/h2-5,7-10,13-14H,6,11-12H2,1H3. The zero-order valence-corrected chi connectivity index (χ0v) is 16.8. The van der Waals surface area contributed by atoms with Crippen LogP contribution in [-0.4, -0.2) is 42.3 Å². The van der Waals surface area contributed by atoms with E-state index >= 15 is 0 Å². The van der Waals surface area contributed by atoms with Gasteiger partial charge in [0, 0.05) is 13.0 Å². The maximum absolute atomic E-state index is 12.4. The van der Waals surface area contributed by atoms with Crippen molar-refractivity contribution in [2.45, 2.75) is 12.8 Å². The number of hydrogen-bond acceptors (Lipinski definition) is 6. The molecule has 3 aromatic carbocycles. The van der Waals surface area contributed by atoms with E-state index in [-0.39, 0.29) is 42.5 Å². The Hall–Kier alpha value is -4.00. The van der Waals surface area contributed by atoms with Crippen LogP contribution in [0.4, 0.5) is 0 Å². The van der Waals surface area contributed by atoms with Gasteiger partial charge in [-0.05, 0) is 41.5 Å². The number of ether oxygens (including phenoxy) is 2. The quantitative estimate of drug-likeness (QED) is 0.346. The fourth-order valence-corrected chi connectivity index (χ4v) is 3.57. The van der Waals surface area contributed by atoms with Crippen LogP contribution in [0.1, 0.15) is 43.9 Å². The Labute approximate surface area is 178 Å². The van der Waals surface area contributed by atoms with Crippen LogP contribution in [0.15, 0.2) is 60.7 Å². The molecular formula is C24H19NO6. The Balaban J connectivity index is 1.43. The third-order valence-electron chi connectivity index (χ3n) is 5.12. The van der Waals surface area contributed by atoms with Gasteiger partial charge in [0.05, 0.1) is 18.2 Å². The Morgan fingerprint density at radius 2 is 1.45 bits per heavy atom. The number of rotatable bonds is 6. The van der Waals surface area contributed by atoms with Gasteiger partial charge in [-0.1, -0.05) is 36.4 Å². The zero-order chi connectivity index (χ0) is 22.0. The summed E-state index contributed by atoms with van der Waals surface area (Å²) >= 11 is 0. The summed E-state index contributed by atoms with van der Waals surface area (Å²) < 4.78 is 10.2. The van der Waals surface area contributed by atoms with Crippen LogP contribution in [0.25, 0.3) is 10.8 Å². The molecule has 156 valence electrons. The number of carbonyl (C=O) groups is 4. The molecule has 31 heavy (non-hydrogen) atoms. The van der Waals surface area contributed by atoms with Gasteiger partial charge in [0.2, 0.25) is 0 Å². The summed E-state index contributed by atoms with van der Waals surface area (Å²) in [5.74, 6) is -1.80. The number of nitrogens with zero attached hydrogens (tertiary/aromatic N) is 1. The number of methoxy groups -OCH3 is 1. The number of fused-ring (bicyclic) bond motifs is 2. The highest BCUT2D eigenvalue weighted by Gasteiger charge is 2.34. The SMILES string of the molecule is COC(=O)c1cc2ccccc2cc1OC(=O)CCCN1C(=O)c2ccccc2C1=O. The van der Waals surface area contributed by atoms with Crippen molar-refractivity contribution < 1.29 is 28.7 Å². The van der Waals surface area contributed by atoms with E-state index in [2.05, 4.69) is 0 Å². The number of hydrogen-bond donors (Lipinski definition) is 0. The van der Waals surface area contributed by atoms with E-state index in [1.54, 1.807) is 36.4 Å². The van der Waals surface area contributed by atoms with Gasteiger partial charge in [0.1, 0.15) is 11.3 Å². The van der Waals surface area contributed by atoms with E-state index < -0.39 is 11.9 Å². The first kappa shape index (κ1) is 20.3. The summed E-state index contributed by atoms with van der Waals surface area (Å²) in [6, 6.07) is 17.2. The molecule has 0 saturated carbocycles. The number of benzene rings is 3. The summed E-state index contributed by atoms with van der Waals surface area (Å²) in [6.45, 7) is 0.100. The normalized spacial score (nSPS) is 12.7. The molecule has 0 aromatic heterocycles. The van der Waals surface area contributed by atoms with Crippen LogP contribution in [0.3, 0.4) is 0 Å². The zero-order valence-electron chi connectivity index (χ0n) is 16.8. The van der Waals surface area contributed by atoms with Crippen molar-refractivity contribution in [1.82, 2.24) is 4.90 Å². The fourth-order valence-electron chi connectivity index (χ4n) is 3.57. The number of carbonyl (C=O) groups excluding carboxylic acids is 4. The fraction of sp³-hybridized carbons (Fsp3) is 0.167. The second-order valence-electron chi connectivity index (χ2n) is 7.07. The van der Waals surface area contributed by atoms with E-state index in [9.17, 15) is 19.2 Å². The van der Waals surface area contributed by atoms with E-state index in [1.807, 2.05) is 24.3 Å². The van der Waals surface area contributed by atoms with Gasteiger partial charge in [0.15, 0.2) is 0 Å². The summed E-state index contributed by atoms with van der Waals surface area (Å²) in [5, 5.41) is 1.62. The Bertz CT molecular complexity index is 1180. The molecule has 0 fully saturated rings. The van der Waals surface area contributed by atoms with E-state index in [4.69, 9.17) is 9.47 Å². The van der Waals surface area contributed by atoms with Gasteiger partial charge < -0.3 is 9.47 Å². The average Bonchev–Trinajstić information content (AvgIpc) is 3.03. The van der Waals surface area contributed by atoms with Crippen LogP contribution in [0.2, 0.25) is 0 Å².